The third-order valence-corrected chi connectivity index (χ3v) is 2.99. The maximum atomic E-state index is 11.9. The summed E-state index contributed by atoms with van der Waals surface area (Å²) in [5.41, 5.74) is 0.706. The quantitative estimate of drug-likeness (QED) is 0.784. The van der Waals surface area contributed by atoms with E-state index in [0.717, 1.165) is 0 Å². The largest absolute Gasteiger partial charge is 0.508 e. The highest BCUT2D eigenvalue weighted by Crippen LogP contribution is 2.24. The van der Waals surface area contributed by atoms with Crippen molar-refractivity contribution in [2.24, 2.45) is 0 Å². The van der Waals surface area contributed by atoms with Gasteiger partial charge in [0.1, 0.15) is 17.6 Å². The number of hydrogen-bond acceptors (Lipinski definition) is 4. The second kappa shape index (κ2) is 6.13. The third kappa shape index (κ3) is 3.42. The first kappa shape index (κ1) is 14.6. The molecule has 6 nitrogen and oxygen atoms in total. The monoisotopic (exact) mass is 289 g/mol. The van der Waals surface area contributed by atoms with Crippen LogP contribution in [0.25, 0.3) is 11.3 Å². The minimum Gasteiger partial charge on any atom is -0.508 e. The highest BCUT2D eigenvalue weighted by molar-refractivity contribution is 5.94. The number of nitrogens with one attached hydrogen (secondary N) is 1. The number of carboxylic acids is 1. The predicted octanol–water partition coefficient (Wildman–Crippen LogP) is 2.25. The Bertz CT molecular complexity index is 644. The lowest BCUT2D eigenvalue weighted by atomic mass is 10.2. The molecular formula is C15H15NO5. The van der Waals surface area contributed by atoms with E-state index in [-0.39, 0.29) is 17.9 Å². The number of phenolic OH excluding ortho intramolecular Hbond substituents is 1. The smallest absolute Gasteiger partial charge is 0.326 e. The van der Waals surface area contributed by atoms with Crippen molar-refractivity contribution in [2.75, 3.05) is 0 Å². The van der Waals surface area contributed by atoms with E-state index in [2.05, 4.69) is 5.32 Å². The van der Waals surface area contributed by atoms with Crippen LogP contribution in [0.3, 0.4) is 0 Å². The maximum absolute atomic E-state index is 11.9. The number of carboxylic acid groups (broad SMARTS) is 1. The van der Waals surface area contributed by atoms with Crippen molar-refractivity contribution in [1.82, 2.24) is 5.32 Å². The number of carbonyl (C=O) groups excluding carboxylic acids is 1. The first-order valence-electron chi connectivity index (χ1n) is 6.44. The van der Waals surface area contributed by atoms with Crippen LogP contribution in [0.5, 0.6) is 5.75 Å². The summed E-state index contributed by atoms with van der Waals surface area (Å²) in [5.74, 6) is -1.03. The van der Waals surface area contributed by atoms with Gasteiger partial charge in [-0.2, -0.15) is 0 Å². The van der Waals surface area contributed by atoms with E-state index in [1.807, 2.05) is 0 Å². The number of rotatable bonds is 5. The van der Waals surface area contributed by atoms with Crippen molar-refractivity contribution < 1.29 is 24.2 Å². The van der Waals surface area contributed by atoms with Gasteiger partial charge < -0.3 is 19.9 Å². The molecular weight excluding hydrogens is 274 g/mol. The lowest BCUT2D eigenvalue weighted by Gasteiger charge is -2.10. The molecule has 21 heavy (non-hydrogen) atoms. The van der Waals surface area contributed by atoms with E-state index < -0.39 is 17.9 Å². The van der Waals surface area contributed by atoms with E-state index in [9.17, 15) is 14.7 Å². The third-order valence-electron chi connectivity index (χ3n) is 2.99. The molecule has 0 unspecified atom stereocenters. The van der Waals surface area contributed by atoms with Crippen molar-refractivity contribution in [3.05, 3.63) is 42.2 Å². The van der Waals surface area contributed by atoms with Gasteiger partial charge in [-0.05, 0) is 42.8 Å². The molecule has 1 amide bonds. The van der Waals surface area contributed by atoms with Crippen molar-refractivity contribution >= 4 is 11.9 Å². The molecule has 0 aliphatic rings. The summed E-state index contributed by atoms with van der Waals surface area (Å²) in [4.78, 5) is 22.8. The summed E-state index contributed by atoms with van der Waals surface area (Å²) in [7, 11) is 0. The van der Waals surface area contributed by atoms with Crippen molar-refractivity contribution in [3.8, 4) is 17.1 Å². The fourth-order valence-electron chi connectivity index (χ4n) is 1.81. The van der Waals surface area contributed by atoms with Crippen LogP contribution in [0.1, 0.15) is 23.9 Å². The molecule has 0 fully saturated rings. The van der Waals surface area contributed by atoms with Crippen LogP contribution in [0.4, 0.5) is 0 Å². The van der Waals surface area contributed by atoms with Crippen LogP contribution in [-0.2, 0) is 4.79 Å². The van der Waals surface area contributed by atoms with Gasteiger partial charge in [0, 0.05) is 5.56 Å². The lowest BCUT2D eigenvalue weighted by molar-refractivity contribution is -0.139. The molecule has 2 rings (SSSR count). The number of benzene rings is 1. The molecule has 0 radical (unpaired) electrons. The molecule has 1 aromatic heterocycles. The number of hydrogen-bond donors (Lipinski definition) is 3. The number of furan rings is 1. The second-order valence-electron chi connectivity index (χ2n) is 4.48. The molecule has 0 aliphatic carbocycles. The second-order valence-corrected chi connectivity index (χ2v) is 4.48. The van der Waals surface area contributed by atoms with Crippen molar-refractivity contribution in [3.63, 3.8) is 0 Å². The summed E-state index contributed by atoms with van der Waals surface area (Å²) >= 11 is 0. The number of carbonyl (C=O) groups is 2. The van der Waals surface area contributed by atoms with E-state index in [1.54, 1.807) is 25.1 Å². The average molecular weight is 289 g/mol. The van der Waals surface area contributed by atoms with E-state index >= 15 is 0 Å². The summed E-state index contributed by atoms with van der Waals surface area (Å²) < 4.78 is 5.41. The number of aromatic hydroxyl groups is 1. The van der Waals surface area contributed by atoms with Gasteiger partial charge in [0.2, 0.25) is 0 Å². The van der Waals surface area contributed by atoms with Gasteiger partial charge in [-0.3, -0.25) is 4.79 Å². The zero-order chi connectivity index (χ0) is 15.4. The van der Waals surface area contributed by atoms with Gasteiger partial charge in [0.15, 0.2) is 5.76 Å². The Morgan fingerprint density at radius 1 is 1.19 bits per heavy atom. The number of phenols is 1. The molecule has 2 aromatic rings. The topological polar surface area (TPSA) is 99.8 Å². The molecule has 0 spiro atoms. The Morgan fingerprint density at radius 2 is 1.86 bits per heavy atom. The van der Waals surface area contributed by atoms with Gasteiger partial charge in [-0.15, -0.1) is 0 Å². The normalized spacial score (nSPS) is 11.9. The van der Waals surface area contributed by atoms with E-state index in [1.165, 1.54) is 18.2 Å². The van der Waals surface area contributed by atoms with Gasteiger partial charge in [0.25, 0.3) is 5.91 Å². The summed E-state index contributed by atoms with van der Waals surface area (Å²) in [6, 6.07) is 8.48. The maximum Gasteiger partial charge on any atom is 0.326 e. The summed E-state index contributed by atoms with van der Waals surface area (Å²) in [6.07, 6.45) is 0.284. The molecule has 0 saturated heterocycles. The molecule has 1 heterocycles. The minimum absolute atomic E-state index is 0.0396. The molecule has 6 heteroatoms. The van der Waals surface area contributed by atoms with Crippen LogP contribution in [0.2, 0.25) is 0 Å². The van der Waals surface area contributed by atoms with Crippen LogP contribution in [-0.4, -0.2) is 28.1 Å². The van der Waals surface area contributed by atoms with E-state index in [0.29, 0.717) is 11.3 Å². The SMILES string of the molecule is CC[C@H](NC(=O)c1ccc(-c2ccc(O)cc2)o1)C(=O)O. The molecule has 0 aliphatic heterocycles. The highest BCUT2D eigenvalue weighted by Gasteiger charge is 2.20. The Hall–Kier alpha value is -2.76. The zero-order valence-electron chi connectivity index (χ0n) is 11.4. The molecule has 3 N–H and O–H groups in total. The van der Waals surface area contributed by atoms with Crippen molar-refractivity contribution in [1.29, 1.82) is 0 Å². The molecule has 1 aromatic carbocycles. The first-order valence-corrected chi connectivity index (χ1v) is 6.44. The average Bonchev–Trinajstić information content (AvgIpc) is 2.94. The van der Waals surface area contributed by atoms with Gasteiger partial charge in [-0.1, -0.05) is 6.92 Å². The highest BCUT2D eigenvalue weighted by atomic mass is 16.4. The molecule has 0 bridgehead atoms. The van der Waals surface area contributed by atoms with Gasteiger partial charge in [-0.25, -0.2) is 4.79 Å². The number of aliphatic carboxylic acids is 1. The number of amides is 1. The fraction of sp³-hybridized carbons (Fsp3) is 0.200. The van der Waals surface area contributed by atoms with Gasteiger partial charge >= 0.3 is 5.97 Å². The predicted molar refractivity (Wildman–Crippen MR) is 75.0 cm³/mol. The van der Waals surface area contributed by atoms with Crippen LogP contribution < -0.4 is 5.32 Å². The molecule has 110 valence electrons. The Labute approximate surface area is 121 Å². The van der Waals surface area contributed by atoms with Gasteiger partial charge in [0.05, 0.1) is 0 Å². The minimum atomic E-state index is -1.09. The summed E-state index contributed by atoms with van der Waals surface area (Å²) in [5, 5.41) is 20.5. The zero-order valence-corrected chi connectivity index (χ0v) is 11.4. The Kier molecular flexibility index (Phi) is 4.27. The van der Waals surface area contributed by atoms with Crippen LogP contribution in [0, 0.1) is 0 Å². The lowest BCUT2D eigenvalue weighted by Crippen LogP contribution is -2.40. The van der Waals surface area contributed by atoms with Crippen LogP contribution >= 0.6 is 0 Å². The fourth-order valence-corrected chi connectivity index (χ4v) is 1.81. The summed E-state index contributed by atoms with van der Waals surface area (Å²) in [6.45, 7) is 1.67. The first-order chi connectivity index (χ1) is 10.0. The Balaban J connectivity index is 2.14. The van der Waals surface area contributed by atoms with E-state index in [4.69, 9.17) is 9.52 Å². The van der Waals surface area contributed by atoms with Crippen molar-refractivity contribution in [2.45, 2.75) is 19.4 Å². The standard InChI is InChI=1S/C15H15NO5/c1-2-11(15(19)20)16-14(18)13-8-7-12(21-13)9-3-5-10(17)6-4-9/h3-8,11,17H,2H2,1H3,(H,16,18)(H,19,20)/t11-/m0/s1. The molecule has 0 saturated carbocycles. The Morgan fingerprint density at radius 3 is 2.43 bits per heavy atom. The van der Waals surface area contributed by atoms with Crippen LogP contribution in [0.15, 0.2) is 40.8 Å². The molecule has 1 atom stereocenters.